The predicted octanol–water partition coefficient (Wildman–Crippen LogP) is 2.38. The number of methoxy groups -OCH3 is 1. The number of carbonyl (C=O) groups is 1. The molecule has 0 spiro atoms. The summed E-state index contributed by atoms with van der Waals surface area (Å²) in [6, 6.07) is 5.17. The lowest BCUT2D eigenvalue weighted by Crippen LogP contribution is -2.29. The van der Waals surface area contributed by atoms with Crippen LogP contribution < -0.4 is 9.64 Å². The van der Waals surface area contributed by atoms with Crippen LogP contribution in [0.5, 0.6) is 5.75 Å². The van der Waals surface area contributed by atoms with E-state index in [0.29, 0.717) is 5.75 Å². The van der Waals surface area contributed by atoms with Crippen LogP contribution in [0.15, 0.2) is 18.2 Å². The number of hydrogen-bond donors (Lipinski definition) is 1. The molecule has 1 aliphatic rings. The highest BCUT2D eigenvalue weighted by molar-refractivity contribution is 5.89. The first-order chi connectivity index (χ1) is 8.20. The van der Waals surface area contributed by atoms with Gasteiger partial charge in [0.25, 0.3) is 0 Å². The quantitative estimate of drug-likeness (QED) is 0.874. The Kier molecular flexibility index (Phi) is 3.52. The van der Waals surface area contributed by atoms with Crippen molar-refractivity contribution in [3.63, 3.8) is 0 Å². The van der Waals surface area contributed by atoms with Crippen LogP contribution in [0.25, 0.3) is 0 Å². The van der Waals surface area contributed by atoms with Gasteiger partial charge in [-0.3, -0.25) is 0 Å². The maximum Gasteiger partial charge on any atom is 0.335 e. The van der Waals surface area contributed by atoms with Crippen molar-refractivity contribution in [1.82, 2.24) is 0 Å². The Hall–Kier alpha value is -1.71. The SMILES string of the molecule is COc1cc(C(=O)O)cc(N2CCCCC2)c1. The zero-order valence-electron chi connectivity index (χ0n) is 9.98. The molecular weight excluding hydrogens is 218 g/mol. The highest BCUT2D eigenvalue weighted by atomic mass is 16.5. The molecule has 0 bridgehead atoms. The van der Waals surface area contributed by atoms with Crippen LogP contribution in [0.3, 0.4) is 0 Å². The van der Waals surface area contributed by atoms with E-state index in [4.69, 9.17) is 9.84 Å². The minimum absolute atomic E-state index is 0.282. The number of piperidine rings is 1. The van der Waals surface area contributed by atoms with Gasteiger partial charge >= 0.3 is 5.97 Å². The molecule has 1 aromatic rings. The largest absolute Gasteiger partial charge is 0.497 e. The molecule has 0 unspecified atom stereocenters. The lowest BCUT2D eigenvalue weighted by atomic mass is 10.1. The molecule has 0 aromatic heterocycles. The molecule has 0 radical (unpaired) electrons. The Balaban J connectivity index is 2.31. The van der Waals surface area contributed by atoms with E-state index in [1.807, 2.05) is 6.07 Å². The molecule has 17 heavy (non-hydrogen) atoms. The van der Waals surface area contributed by atoms with Gasteiger partial charge in [0.15, 0.2) is 0 Å². The molecule has 1 aliphatic heterocycles. The number of benzene rings is 1. The van der Waals surface area contributed by atoms with Gasteiger partial charge in [-0.05, 0) is 31.4 Å². The minimum Gasteiger partial charge on any atom is -0.497 e. The molecule has 0 aliphatic carbocycles. The van der Waals surface area contributed by atoms with E-state index in [0.717, 1.165) is 18.8 Å². The topological polar surface area (TPSA) is 49.8 Å². The Bertz CT molecular complexity index is 411. The second kappa shape index (κ2) is 5.08. The number of carboxylic acid groups (broad SMARTS) is 1. The smallest absolute Gasteiger partial charge is 0.335 e. The van der Waals surface area contributed by atoms with Crippen molar-refractivity contribution >= 4 is 11.7 Å². The standard InChI is InChI=1S/C13H17NO3/c1-17-12-8-10(13(15)16)7-11(9-12)14-5-3-2-4-6-14/h7-9H,2-6H2,1H3,(H,15,16). The van der Waals surface area contributed by atoms with Crippen molar-refractivity contribution in [3.8, 4) is 5.75 Å². The van der Waals surface area contributed by atoms with Crippen LogP contribution in [0.2, 0.25) is 0 Å². The van der Waals surface area contributed by atoms with Gasteiger partial charge in [-0.2, -0.15) is 0 Å². The lowest BCUT2D eigenvalue weighted by Gasteiger charge is -2.29. The third-order valence-electron chi connectivity index (χ3n) is 3.10. The summed E-state index contributed by atoms with van der Waals surface area (Å²) >= 11 is 0. The van der Waals surface area contributed by atoms with E-state index < -0.39 is 5.97 Å². The van der Waals surface area contributed by atoms with Crippen LogP contribution in [-0.2, 0) is 0 Å². The Morgan fingerprint density at radius 2 is 1.94 bits per heavy atom. The highest BCUT2D eigenvalue weighted by Gasteiger charge is 2.14. The number of aromatic carboxylic acids is 1. The molecule has 0 amide bonds. The summed E-state index contributed by atoms with van der Waals surface area (Å²) in [6.07, 6.45) is 3.59. The van der Waals surface area contributed by atoms with E-state index >= 15 is 0 Å². The summed E-state index contributed by atoms with van der Waals surface area (Å²) in [7, 11) is 1.56. The van der Waals surface area contributed by atoms with E-state index in [-0.39, 0.29) is 5.56 Å². The third kappa shape index (κ3) is 2.70. The summed E-state index contributed by atoms with van der Waals surface area (Å²) in [5.41, 5.74) is 1.23. The van der Waals surface area contributed by atoms with Crippen LogP contribution in [0, 0.1) is 0 Å². The minimum atomic E-state index is -0.915. The fourth-order valence-electron chi connectivity index (χ4n) is 2.16. The fourth-order valence-corrected chi connectivity index (χ4v) is 2.16. The molecule has 1 saturated heterocycles. The average Bonchev–Trinajstić information content (AvgIpc) is 2.39. The van der Waals surface area contributed by atoms with E-state index in [1.54, 1.807) is 19.2 Å². The zero-order valence-corrected chi connectivity index (χ0v) is 9.98. The van der Waals surface area contributed by atoms with Crippen LogP contribution in [0.1, 0.15) is 29.6 Å². The molecule has 4 heteroatoms. The van der Waals surface area contributed by atoms with Gasteiger partial charge in [0.2, 0.25) is 0 Å². The third-order valence-corrected chi connectivity index (χ3v) is 3.10. The predicted molar refractivity (Wildman–Crippen MR) is 66.0 cm³/mol. The molecule has 0 atom stereocenters. The zero-order chi connectivity index (χ0) is 12.3. The molecule has 2 rings (SSSR count). The first-order valence-electron chi connectivity index (χ1n) is 5.88. The molecule has 4 nitrogen and oxygen atoms in total. The van der Waals surface area contributed by atoms with Gasteiger partial charge in [-0.25, -0.2) is 4.79 Å². The fraction of sp³-hybridized carbons (Fsp3) is 0.462. The Morgan fingerprint density at radius 1 is 1.24 bits per heavy atom. The van der Waals surface area contributed by atoms with Gasteiger partial charge in [0.05, 0.1) is 12.7 Å². The maximum atomic E-state index is 11.0. The van der Waals surface area contributed by atoms with Gasteiger partial charge in [0.1, 0.15) is 5.75 Å². The molecule has 1 aromatic carbocycles. The monoisotopic (exact) mass is 235 g/mol. The van der Waals surface area contributed by atoms with Crippen molar-refractivity contribution in [2.75, 3.05) is 25.1 Å². The van der Waals surface area contributed by atoms with Crippen molar-refractivity contribution in [1.29, 1.82) is 0 Å². The summed E-state index contributed by atoms with van der Waals surface area (Å²) in [5.74, 6) is -0.312. The van der Waals surface area contributed by atoms with Crippen molar-refractivity contribution in [3.05, 3.63) is 23.8 Å². The average molecular weight is 235 g/mol. The summed E-state index contributed by atoms with van der Waals surface area (Å²) in [4.78, 5) is 13.3. The second-order valence-corrected chi connectivity index (χ2v) is 4.27. The number of carboxylic acids is 1. The summed E-state index contributed by atoms with van der Waals surface area (Å²) in [6.45, 7) is 1.98. The summed E-state index contributed by atoms with van der Waals surface area (Å²) < 4.78 is 5.15. The van der Waals surface area contributed by atoms with E-state index in [2.05, 4.69) is 4.90 Å². The first kappa shape index (κ1) is 11.8. The van der Waals surface area contributed by atoms with E-state index in [1.165, 1.54) is 19.3 Å². The van der Waals surface area contributed by atoms with Gasteiger partial charge < -0.3 is 14.7 Å². The number of hydrogen-bond acceptors (Lipinski definition) is 3. The maximum absolute atomic E-state index is 11.0. The van der Waals surface area contributed by atoms with Crippen LogP contribution >= 0.6 is 0 Å². The number of anilines is 1. The molecular formula is C13H17NO3. The Morgan fingerprint density at radius 3 is 2.53 bits per heavy atom. The van der Waals surface area contributed by atoms with Gasteiger partial charge in [-0.15, -0.1) is 0 Å². The van der Waals surface area contributed by atoms with E-state index in [9.17, 15) is 4.79 Å². The second-order valence-electron chi connectivity index (χ2n) is 4.27. The molecule has 0 saturated carbocycles. The first-order valence-corrected chi connectivity index (χ1v) is 5.88. The van der Waals surface area contributed by atoms with Crippen molar-refractivity contribution < 1.29 is 14.6 Å². The van der Waals surface area contributed by atoms with Crippen molar-refractivity contribution in [2.24, 2.45) is 0 Å². The molecule has 1 heterocycles. The Labute approximate surface area is 101 Å². The number of ether oxygens (including phenoxy) is 1. The normalized spacial score (nSPS) is 15.7. The molecule has 92 valence electrons. The highest BCUT2D eigenvalue weighted by Crippen LogP contribution is 2.26. The summed E-state index contributed by atoms with van der Waals surface area (Å²) in [5, 5.41) is 9.05. The van der Waals surface area contributed by atoms with Gasteiger partial charge in [0, 0.05) is 24.8 Å². The van der Waals surface area contributed by atoms with Crippen LogP contribution in [-0.4, -0.2) is 31.3 Å². The molecule has 1 fully saturated rings. The van der Waals surface area contributed by atoms with Crippen molar-refractivity contribution in [2.45, 2.75) is 19.3 Å². The van der Waals surface area contributed by atoms with Gasteiger partial charge in [-0.1, -0.05) is 0 Å². The molecule has 1 N–H and O–H groups in total. The number of nitrogens with zero attached hydrogens (tertiary/aromatic N) is 1. The van der Waals surface area contributed by atoms with Crippen LogP contribution in [0.4, 0.5) is 5.69 Å². The lowest BCUT2D eigenvalue weighted by molar-refractivity contribution is 0.0696. The number of rotatable bonds is 3.